The van der Waals surface area contributed by atoms with Gasteiger partial charge in [0.2, 0.25) is 6.54 Å². The van der Waals surface area contributed by atoms with Gasteiger partial charge >= 0.3 is 0 Å². The normalized spacial score (nSPS) is 11.6. The molecule has 0 spiro atoms. The molecule has 0 bridgehead atoms. The van der Waals surface area contributed by atoms with Crippen molar-refractivity contribution in [2.24, 2.45) is 0 Å². The van der Waals surface area contributed by atoms with Crippen molar-refractivity contribution in [3.63, 3.8) is 0 Å². The Bertz CT molecular complexity index is 1130. The molecule has 8 nitrogen and oxygen atoms in total. The fraction of sp³-hybridized carbons (Fsp3) is 0.273. The van der Waals surface area contributed by atoms with E-state index in [2.05, 4.69) is 32.0 Å². The minimum absolute atomic E-state index is 0.134. The molecule has 0 saturated carbocycles. The van der Waals surface area contributed by atoms with E-state index in [0.717, 1.165) is 17.0 Å². The van der Waals surface area contributed by atoms with Crippen molar-refractivity contribution in [2.45, 2.75) is 24.3 Å². The first-order valence-corrected chi connectivity index (χ1v) is 11.4. The van der Waals surface area contributed by atoms with E-state index < -0.39 is 5.25 Å². The number of thioether (sulfide) groups is 1. The molecule has 0 amide bonds. The summed E-state index contributed by atoms with van der Waals surface area (Å²) in [6.07, 6.45) is 5.24. The van der Waals surface area contributed by atoms with Gasteiger partial charge < -0.3 is 9.47 Å². The van der Waals surface area contributed by atoms with Crippen LogP contribution in [-0.2, 0) is 0 Å². The first kappa shape index (κ1) is 23.6. The van der Waals surface area contributed by atoms with Crippen molar-refractivity contribution in [3.05, 3.63) is 68.4 Å². The van der Waals surface area contributed by atoms with Gasteiger partial charge in [-0.25, -0.2) is 0 Å². The lowest BCUT2D eigenvalue weighted by Gasteiger charge is -2.16. The number of benzene rings is 2. The van der Waals surface area contributed by atoms with Gasteiger partial charge in [-0.3, -0.25) is 14.7 Å². The van der Waals surface area contributed by atoms with E-state index in [4.69, 9.17) is 15.9 Å². The van der Waals surface area contributed by atoms with Crippen LogP contribution >= 0.6 is 27.7 Å². The number of nitro groups is 1. The smallest absolute Gasteiger partial charge is 0.220 e. The zero-order valence-electron chi connectivity index (χ0n) is 17.5. The highest BCUT2D eigenvalue weighted by Gasteiger charge is 2.24. The molecule has 0 fully saturated rings. The number of ether oxygens (including phenoxy) is 2. The number of terminal acetylenes is 1. The number of aryl methyl sites for hydroxylation is 1. The zero-order valence-corrected chi connectivity index (χ0v) is 19.9. The molecule has 3 aromatic rings. The molecule has 0 unspecified atom stereocenters. The zero-order chi connectivity index (χ0) is 23.1. The molecule has 0 aliphatic rings. The summed E-state index contributed by atoms with van der Waals surface area (Å²) in [5, 5.41) is 19.9. The maximum absolute atomic E-state index is 11.4. The maximum atomic E-state index is 11.4. The second-order valence-corrected chi connectivity index (χ2v) is 8.62. The molecule has 10 heteroatoms. The van der Waals surface area contributed by atoms with E-state index >= 15 is 0 Å². The van der Waals surface area contributed by atoms with E-state index in [-0.39, 0.29) is 18.1 Å². The Balaban J connectivity index is 1.91. The third kappa shape index (κ3) is 5.81. The van der Waals surface area contributed by atoms with Crippen molar-refractivity contribution in [3.8, 4) is 29.5 Å². The van der Waals surface area contributed by atoms with E-state index in [9.17, 15) is 10.1 Å². The first-order chi connectivity index (χ1) is 15.4. The van der Waals surface area contributed by atoms with Gasteiger partial charge in [-0.15, -0.1) is 16.6 Å². The maximum Gasteiger partial charge on any atom is 0.220 e. The molecule has 1 atom stereocenters. The van der Waals surface area contributed by atoms with Crippen molar-refractivity contribution in [2.75, 3.05) is 19.8 Å². The van der Waals surface area contributed by atoms with Gasteiger partial charge in [0.1, 0.15) is 29.2 Å². The van der Waals surface area contributed by atoms with Gasteiger partial charge in [0.05, 0.1) is 11.1 Å². The van der Waals surface area contributed by atoms with Gasteiger partial charge in [-0.05, 0) is 71.7 Å². The quantitative estimate of drug-likeness (QED) is 0.164. The molecule has 0 aliphatic heterocycles. The molecular formula is C22H21BrN4O4S. The summed E-state index contributed by atoms with van der Waals surface area (Å²) in [5.74, 6) is 4.43. The second-order valence-electron chi connectivity index (χ2n) is 6.60. The molecule has 1 aromatic heterocycles. The second kappa shape index (κ2) is 11.0. The fourth-order valence-corrected chi connectivity index (χ4v) is 4.68. The summed E-state index contributed by atoms with van der Waals surface area (Å²) < 4.78 is 13.5. The van der Waals surface area contributed by atoms with E-state index in [0.29, 0.717) is 27.8 Å². The molecule has 1 heterocycles. The highest BCUT2D eigenvalue weighted by Crippen LogP contribution is 2.38. The molecule has 0 N–H and O–H groups in total. The van der Waals surface area contributed by atoms with E-state index in [1.165, 1.54) is 11.8 Å². The lowest BCUT2D eigenvalue weighted by Crippen LogP contribution is -2.11. The predicted molar refractivity (Wildman–Crippen MR) is 126 cm³/mol. The Morgan fingerprint density at radius 2 is 2.00 bits per heavy atom. The monoisotopic (exact) mass is 516 g/mol. The highest BCUT2D eigenvalue weighted by atomic mass is 79.9. The number of rotatable bonds is 10. The number of hydrogen-bond acceptors (Lipinski definition) is 7. The average molecular weight is 517 g/mol. The van der Waals surface area contributed by atoms with Gasteiger partial charge in [0, 0.05) is 10.6 Å². The van der Waals surface area contributed by atoms with Gasteiger partial charge in [0.25, 0.3) is 0 Å². The van der Waals surface area contributed by atoms with Crippen molar-refractivity contribution >= 4 is 27.7 Å². The third-order valence-electron chi connectivity index (χ3n) is 4.40. The molecule has 0 aliphatic carbocycles. The van der Waals surface area contributed by atoms with Crippen LogP contribution in [0.5, 0.6) is 11.5 Å². The van der Waals surface area contributed by atoms with Crippen molar-refractivity contribution in [1.29, 1.82) is 0 Å². The van der Waals surface area contributed by atoms with Crippen LogP contribution in [0.2, 0.25) is 0 Å². The van der Waals surface area contributed by atoms with E-state index in [1.54, 1.807) is 18.2 Å². The van der Waals surface area contributed by atoms with Crippen LogP contribution in [0.3, 0.4) is 0 Å². The van der Waals surface area contributed by atoms with Crippen molar-refractivity contribution < 1.29 is 14.4 Å². The van der Waals surface area contributed by atoms with Gasteiger partial charge in [0.15, 0.2) is 5.16 Å². The third-order valence-corrected chi connectivity index (χ3v) is 6.20. The summed E-state index contributed by atoms with van der Waals surface area (Å²) in [5.41, 5.74) is 1.60. The van der Waals surface area contributed by atoms with Gasteiger partial charge in [-0.2, -0.15) is 0 Å². The molecule has 0 saturated heterocycles. The van der Waals surface area contributed by atoms with Crippen LogP contribution in [0.4, 0.5) is 0 Å². The topological polar surface area (TPSA) is 92.3 Å². The standard InChI is InChI=1S/C22H21BrN4O4S/c1-4-12-31-20-11-6-16(13-19(20)23)21(14-26(28)29)32-22-25-24-15(3)27(22)17-7-9-18(10-8-17)30-5-2/h1,6-11,13,21H,5,12,14H2,2-3H3/t21-/m0/s1. The largest absolute Gasteiger partial charge is 0.494 e. The Labute approximate surface area is 198 Å². The summed E-state index contributed by atoms with van der Waals surface area (Å²) >= 11 is 4.74. The lowest BCUT2D eigenvalue weighted by atomic mass is 10.1. The minimum atomic E-state index is -0.493. The summed E-state index contributed by atoms with van der Waals surface area (Å²) in [7, 11) is 0. The minimum Gasteiger partial charge on any atom is -0.494 e. The first-order valence-electron chi connectivity index (χ1n) is 9.72. The number of hydrogen-bond donors (Lipinski definition) is 0. The Morgan fingerprint density at radius 3 is 2.62 bits per heavy atom. The SMILES string of the molecule is C#CCOc1ccc([C@H](C[N+](=O)[O-])Sc2nnc(C)n2-c2ccc(OCC)cc2)cc1Br. The molecule has 32 heavy (non-hydrogen) atoms. The van der Waals surface area contributed by atoms with Crippen LogP contribution < -0.4 is 9.47 Å². The molecular weight excluding hydrogens is 496 g/mol. The number of halogens is 1. The fourth-order valence-electron chi connectivity index (χ4n) is 3.00. The summed E-state index contributed by atoms with van der Waals surface area (Å²) in [6.45, 7) is 4.20. The van der Waals surface area contributed by atoms with Crippen LogP contribution in [-0.4, -0.2) is 39.4 Å². The highest BCUT2D eigenvalue weighted by molar-refractivity contribution is 9.10. The Hall–Kier alpha value is -3.03. The molecule has 2 aromatic carbocycles. The van der Waals surface area contributed by atoms with Crippen LogP contribution in [0, 0.1) is 29.4 Å². The van der Waals surface area contributed by atoms with Crippen LogP contribution in [0.25, 0.3) is 5.69 Å². The predicted octanol–water partition coefficient (Wildman–Crippen LogP) is 4.86. The average Bonchev–Trinajstić information content (AvgIpc) is 3.13. The number of nitrogens with zero attached hydrogens (tertiary/aromatic N) is 4. The van der Waals surface area contributed by atoms with Crippen molar-refractivity contribution in [1.82, 2.24) is 14.8 Å². The molecule has 0 radical (unpaired) electrons. The Morgan fingerprint density at radius 1 is 1.25 bits per heavy atom. The molecule has 166 valence electrons. The molecule has 3 rings (SSSR count). The lowest BCUT2D eigenvalue weighted by molar-refractivity contribution is -0.479. The van der Waals surface area contributed by atoms with Crippen LogP contribution in [0.1, 0.15) is 23.6 Å². The van der Waals surface area contributed by atoms with E-state index in [1.807, 2.05) is 42.7 Å². The Kier molecular flexibility index (Phi) is 8.14. The summed E-state index contributed by atoms with van der Waals surface area (Å²) in [6, 6.07) is 12.9. The van der Waals surface area contributed by atoms with Gasteiger partial charge in [-0.1, -0.05) is 23.7 Å². The summed E-state index contributed by atoms with van der Waals surface area (Å²) in [4.78, 5) is 11.1. The number of aromatic nitrogens is 3. The van der Waals surface area contributed by atoms with Crippen LogP contribution in [0.15, 0.2) is 52.1 Å².